The highest BCUT2D eigenvalue weighted by Crippen LogP contribution is 2.19. The minimum Gasteiger partial charge on any atom is -0.313 e. The molecule has 0 bridgehead atoms. The van der Waals surface area contributed by atoms with Crippen molar-refractivity contribution in [2.45, 2.75) is 13.8 Å². The lowest BCUT2D eigenvalue weighted by molar-refractivity contribution is -0.385. The number of H-pyrrole nitrogens is 1. The van der Waals surface area contributed by atoms with Gasteiger partial charge >= 0.3 is 0 Å². The zero-order valence-corrected chi connectivity index (χ0v) is 15.5. The standard InChI is InChI=1S/C20H16N2O4S/c1-12-5-3-4-6-15(12)17(23)11-19-21-20(24)18(27-19)10-14-8-7-13(2)16(9-14)22(25)26/h3-11H,1-2H3,(H,21,24). The molecule has 0 amide bonds. The van der Waals surface area contributed by atoms with Gasteiger partial charge in [0.15, 0.2) is 5.78 Å². The van der Waals surface area contributed by atoms with Gasteiger partial charge in [-0.3, -0.25) is 19.7 Å². The molecular formula is C20H16N2O4S. The summed E-state index contributed by atoms with van der Waals surface area (Å²) < 4.78 is 0.804. The zero-order valence-electron chi connectivity index (χ0n) is 14.7. The van der Waals surface area contributed by atoms with E-state index in [2.05, 4.69) is 4.98 Å². The van der Waals surface area contributed by atoms with Crippen LogP contribution < -0.4 is 14.8 Å². The quantitative estimate of drug-likeness (QED) is 0.427. The monoisotopic (exact) mass is 380 g/mol. The average molecular weight is 380 g/mol. The molecule has 0 radical (unpaired) electrons. The molecule has 0 saturated heterocycles. The molecule has 2 aromatic carbocycles. The number of nitrogens with zero attached hydrogens (tertiary/aromatic N) is 1. The first-order chi connectivity index (χ1) is 12.8. The lowest BCUT2D eigenvalue weighted by atomic mass is 10.1. The van der Waals surface area contributed by atoms with Gasteiger partial charge in [-0.05, 0) is 31.1 Å². The second kappa shape index (κ2) is 7.51. The molecule has 0 spiro atoms. The maximum Gasteiger partial charge on any atom is 0.272 e. The number of thiazole rings is 1. The number of aromatic amines is 1. The van der Waals surface area contributed by atoms with Gasteiger partial charge < -0.3 is 4.98 Å². The molecule has 6 nitrogen and oxygen atoms in total. The Hall–Kier alpha value is -3.32. The van der Waals surface area contributed by atoms with E-state index in [-0.39, 0.29) is 17.0 Å². The molecule has 27 heavy (non-hydrogen) atoms. The van der Waals surface area contributed by atoms with Crippen molar-refractivity contribution in [1.29, 1.82) is 0 Å². The van der Waals surface area contributed by atoms with Crippen molar-refractivity contribution < 1.29 is 9.72 Å². The van der Waals surface area contributed by atoms with Gasteiger partial charge in [0.25, 0.3) is 11.2 Å². The number of aryl methyl sites for hydroxylation is 2. The van der Waals surface area contributed by atoms with Gasteiger partial charge in [0.05, 0.1) is 14.1 Å². The van der Waals surface area contributed by atoms with Gasteiger partial charge in [0.1, 0.15) is 0 Å². The summed E-state index contributed by atoms with van der Waals surface area (Å²) in [6, 6.07) is 12.0. The number of nitro groups is 1. The number of hydrogen-bond acceptors (Lipinski definition) is 5. The summed E-state index contributed by atoms with van der Waals surface area (Å²) in [6.45, 7) is 3.51. The maximum atomic E-state index is 12.4. The Morgan fingerprint density at radius 3 is 2.59 bits per heavy atom. The van der Waals surface area contributed by atoms with E-state index in [9.17, 15) is 19.7 Å². The number of Topliss-reactive ketones (excluding diaryl/α,β-unsaturated/α-hetero) is 1. The highest BCUT2D eigenvalue weighted by molar-refractivity contribution is 7.07. The van der Waals surface area contributed by atoms with E-state index in [1.54, 1.807) is 37.3 Å². The topological polar surface area (TPSA) is 93.1 Å². The molecule has 136 valence electrons. The van der Waals surface area contributed by atoms with Crippen LogP contribution in [0.2, 0.25) is 0 Å². The number of nitro benzene ring substituents is 1. The fraction of sp³-hybridized carbons (Fsp3) is 0.100. The summed E-state index contributed by atoms with van der Waals surface area (Å²) in [4.78, 5) is 37.9. The maximum absolute atomic E-state index is 12.4. The Labute approximate surface area is 158 Å². The number of benzene rings is 2. The van der Waals surface area contributed by atoms with E-state index >= 15 is 0 Å². The minimum atomic E-state index is -0.453. The molecule has 1 aromatic heterocycles. The lowest BCUT2D eigenvalue weighted by Gasteiger charge is -1.99. The molecule has 1 N–H and O–H groups in total. The Morgan fingerprint density at radius 2 is 1.89 bits per heavy atom. The largest absolute Gasteiger partial charge is 0.313 e. The molecule has 0 unspecified atom stereocenters. The van der Waals surface area contributed by atoms with Crippen LogP contribution in [0.15, 0.2) is 47.3 Å². The molecule has 3 rings (SSSR count). The highest BCUT2D eigenvalue weighted by atomic mass is 32.1. The first-order valence-electron chi connectivity index (χ1n) is 8.13. The molecule has 0 atom stereocenters. The summed E-state index contributed by atoms with van der Waals surface area (Å²) in [7, 11) is 0. The third-order valence-corrected chi connectivity index (χ3v) is 5.04. The number of hydrogen-bond donors (Lipinski definition) is 1. The van der Waals surface area contributed by atoms with Crippen molar-refractivity contribution >= 4 is 35.0 Å². The van der Waals surface area contributed by atoms with Gasteiger partial charge in [-0.1, -0.05) is 36.4 Å². The van der Waals surface area contributed by atoms with E-state index < -0.39 is 4.92 Å². The van der Waals surface area contributed by atoms with E-state index in [0.717, 1.165) is 16.9 Å². The molecule has 0 saturated carbocycles. The first-order valence-corrected chi connectivity index (χ1v) is 8.94. The van der Waals surface area contributed by atoms with E-state index in [0.29, 0.717) is 25.9 Å². The summed E-state index contributed by atoms with van der Waals surface area (Å²) >= 11 is 1.13. The predicted molar refractivity (Wildman–Crippen MR) is 106 cm³/mol. The van der Waals surface area contributed by atoms with Crippen LogP contribution in [-0.2, 0) is 0 Å². The van der Waals surface area contributed by atoms with Gasteiger partial charge in [0, 0.05) is 23.3 Å². The minimum absolute atomic E-state index is 0.00162. The first kappa shape index (κ1) is 18.5. The van der Waals surface area contributed by atoms with Crippen LogP contribution in [0.4, 0.5) is 5.69 Å². The van der Waals surface area contributed by atoms with Crippen molar-refractivity contribution in [2.24, 2.45) is 0 Å². The fourth-order valence-corrected chi connectivity index (χ4v) is 3.52. The highest BCUT2D eigenvalue weighted by Gasteiger charge is 2.10. The van der Waals surface area contributed by atoms with Crippen LogP contribution in [0.1, 0.15) is 27.0 Å². The summed E-state index contributed by atoms with van der Waals surface area (Å²) in [5.41, 5.74) is 2.19. The van der Waals surface area contributed by atoms with Crippen molar-refractivity contribution in [3.8, 4) is 0 Å². The van der Waals surface area contributed by atoms with E-state index in [4.69, 9.17) is 0 Å². The molecular weight excluding hydrogens is 364 g/mol. The smallest absolute Gasteiger partial charge is 0.272 e. The summed E-state index contributed by atoms with van der Waals surface area (Å²) in [6.07, 6.45) is 2.97. The van der Waals surface area contributed by atoms with Gasteiger partial charge in [-0.2, -0.15) is 0 Å². The molecule has 1 heterocycles. The molecule has 7 heteroatoms. The Balaban J connectivity index is 2.02. The fourth-order valence-electron chi connectivity index (χ4n) is 2.63. The number of rotatable bonds is 4. The average Bonchev–Trinajstić information content (AvgIpc) is 2.95. The predicted octanol–water partition coefficient (Wildman–Crippen LogP) is 2.45. The second-order valence-electron chi connectivity index (χ2n) is 6.06. The van der Waals surface area contributed by atoms with Crippen molar-refractivity contribution in [3.05, 3.63) is 94.4 Å². The van der Waals surface area contributed by atoms with Crippen LogP contribution in [0.3, 0.4) is 0 Å². The molecule has 0 aliphatic heterocycles. The number of carbonyl (C=O) groups excluding carboxylic acids is 1. The molecule has 0 aliphatic carbocycles. The van der Waals surface area contributed by atoms with Crippen LogP contribution in [0.25, 0.3) is 12.2 Å². The van der Waals surface area contributed by atoms with Crippen molar-refractivity contribution in [2.75, 3.05) is 0 Å². The van der Waals surface area contributed by atoms with Gasteiger partial charge in [-0.25, -0.2) is 0 Å². The number of aromatic nitrogens is 1. The Kier molecular flexibility index (Phi) is 5.14. The van der Waals surface area contributed by atoms with Crippen LogP contribution in [0, 0.1) is 24.0 Å². The molecule has 0 aliphatic rings. The van der Waals surface area contributed by atoms with Gasteiger partial charge in [-0.15, -0.1) is 11.3 Å². The number of ketones is 1. The lowest BCUT2D eigenvalue weighted by Crippen LogP contribution is -2.20. The SMILES string of the molecule is Cc1ccccc1C(=O)C=c1[nH]c(=O)c(=Cc2ccc(C)c([N+](=O)[O-])c2)s1. The third-order valence-electron chi connectivity index (χ3n) is 4.08. The molecule has 0 fully saturated rings. The second-order valence-corrected chi connectivity index (χ2v) is 7.14. The zero-order chi connectivity index (χ0) is 19.6. The van der Waals surface area contributed by atoms with Crippen molar-refractivity contribution in [1.82, 2.24) is 4.98 Å². The Bertz CT molecular complexity index is 1220. The van der Waals surface area contributed by atoms with Crippen LogP contribution >= 0.6 is 11.3 Å². The number of nitrogens with one attached hydrogen (secondary N) is 1. The summed E-state index contributed by atoms with van der Waals surface area (Å²) in [5.74, 6) is -0.192. The third kappa shape index (κ3) is 4.09. The number of carbonyl (C=O) groups is 1. The van der Waals surface area contributed by atoms with Crippen LogP contribution in [0.5, 0.6) is 0 Å². The van der Waals surface area contributed by atoms with Crippen LogP contribution in [-0.4, -0.2) is 15.7 Å². The summed E-state index contributed by atoms with van der Waals surface area (Å²) in [5, 5.41) is 11.1. The van der Waals surface area contributed by atoms with E-state index in [1.165, 1.54) is 12.1 Å². The molecule has 3 aromatic rings. The van der Waals surface area contributed by atoms with Gasteiger partial charge in [0.2, 0.25) is 0 Å². The van der Waals surface area contributed by atoms with E-state index in [1.807, 2.05) is 19.1 Å². The normalized spacial score (nSPS) is 12.4. The Morgan fingerprint density at radius 1 is 1.15 bits per heavy atom. The van der Waals surface area contributed by atoms with Crippen molar-refractivity contribution in [3.63, 3.8) is 0 Å².